The number of benzene rings is 2. The van der Waals surface area contributed by atoms with Crippen LogP contribution in [0.1, 0.15) is 32.7 Å². The van der Waals surface area contributed by atoms with Gasteiger partial charge in [0.25, 0.3) is 17.7 Å². The molecule has 3 aliphatic rings. The Bertz CT molecular complexity index is 1190. The molecule has 8 heteroatoms. The van der Waals surface area contributed by atoms with Gasteiger partial charge in [-0.25, -0.2) is 5.01 Å². The first-order valence-electron chi connectivity index (χ1n) is 10.7. The van der Waals surface area contributed by atoms with Crippen LogP contribution in [0.2, 0.25) is 10.0 Å². The molecule has 1 heterocycles. The Morgan fingerprint density at radius 1 is 0.909 bits per heavy atom. The molecule has 1 aliphatic heterocycles. The summed E-state index contributed by atoms with van der Waals surface area (Å²) in [6, 6.07) is 11.2. The van der Waals surface area contributed by atoms with Crippen LogP contribution in [0.15, 0.2) is 54.6 Å². The molecular weight excluding hydrogens is 463 g/mol. The standard InChI is InChI=1S/C25H20Cl2N2O4/c1-13-2-4-14(5-3-13)20(30)12-28(23(31)17-8-9-18(26)19(27)11-17)29-24(32)21-15-6-7-16(10-15)22(21)25(29)33/h2-9,11,15-16,21-22H,10,12H2,1H3/t15-,16+,21-,22+. The van der Waals surface area contributed by atoms with Gasteiger partial charge in [0.05, 0.1) is 21.9 Å². The predicted octanol–water partition coefficient (Wildman–Crippen LogP) is 4.35. The average molecular weight is 483 g/mol. The van der Waals surface area contributed by atoms with Gasteiger partial charge in [0.1, 0.15) is 6.54 Å². The molecule has 3 amide bonds. The smallest absolute Gasteiger partial charge is 0.273 e. The predicted molar refractivity (Wildman–Crippen MR) is 123 cm³/mol. The fourth-order valence-electron chi connectivity index (χ4n) is 5.10. The summed E-state index contributed by atoms with van der Waals surface area (Å²) in [7, 11) is 0. The number of aryl methyl sites for hydroxylation is 1. The second-order valence-corrected chi connectivity index (χ2v) is 9.58. The first-order valence-corrected chi connectivity index (χ1v) is 11.4. The average Bonchev–Trinajstić information content (AvgIpc) is 3.48. The van der Waals surface area contributed by atoms with Crippen LogP contribution in [0.25, 0.3) is 0 Å². The van der Waals surface area contributed by atoms with E-state index in [-0.39, 0.29) is 33.2 Å². The second kappa shape index (κ2) is 8.12. The molecule has 6 nitrogen and oxygen atoms in total. The molecule has 0 N–H and O–H groups in total. The minimum absolute atomic E-state index is 0.0174. The lowest BCUT2D eigenvalue weighted by molar-refractivity contribution is -0.154. The monoisotopic (exact) mass is 482 g/mol. The van der Waals surface area contributed by atoms with Gasteiger partial charge in [0.2, 0.25) is 0 Å². The maximum Gasteiger partial charge on any atom is 0.273 e. The molecule has 0 aromatic heterocycles. The normalized spacial score (nSPS) is 25.0. The highest BCUT2D eigenvalue weighted by Crippen LogP contribution is 2.52. The molecule has 0 spiro atoms. The van der Waals surface area contributed by atoms with Crippen molar-refractivity contribution in [1.82, 2.24) is 10.0 Å². The number of amides is 3. The van der Waals surface area contributed by atoms with E-state index in [9.17, 15) is 19.2 Å². The zero-order valence-corrected chi connectivity index (χ0v) is 19.2. The minimum atomic E-state index is -0.670. The van der Waals surface area contributed by atoms with E-state index < -0.39 is 36.1 Å². The summed E-state index contributed by atoms with van der Waals surface area (Å²) in [5.74, 6) is -2.96. The van der Waals surface area contributed by atoms with Gasteiger partial charge < -0.3 is 0 Å². The van der Waals surface area contributed by atoms with Crippen molar-refractivity contribution in [1.29, 1.82) is 0 Å². The Morgan fingerprint density at radius 3 is 2.06 bits per heavy atom. The van der Waals surface area contributed by atoms with E-state index in [1.54, 1.807) is 24.3 Å². The van der Waals surface area contributed by atoms with Crippen molar-refractivity contribution in [2.24, 2.45) is 23.7 Å². The summed E-state index contributed by atoms with van der Waals surface area (Å²) >= 11 is 12.1. The Labute approximate surface area is 200 Å². The molecule has 5 rings (SSSR count). The number of hydrazine groups is 1. The largest absolute Gasteiger partial charge is 0.292 e. The number of carbonyl (C=O) groups excluding carboxylic acids is 4. The quantitative estimate of drug-likeness (QED) is 0.360. The molecule has 33 heavy (non-hydrogen) atoms. The zero-order chi connectivity index (χ0) is 23.4. The number of ketones is 1. The van der Waals surface area contributed by atoms with Crippen molar-refractivity contribution in [2.75, 3.05) is 6.54 Å². The second-order valence-electron chi connectivity index (χ2n) is 8.77. The van der Waals surface area contributed by atoms with Crippen LogP contribution in [-0.4, -0.2) is 40.1 Å². The number of fused-ring (bicyclic) bond motifs is 5. The third-order valence-corrected chi connectivity index (χ3v) is 7.50. The molecule has 168 valence electrons. The van der Waals surface area contributed by atoms with Gasteiger partial charge in [-0.05, 0) is 43.4 Å². The first kappa shape index (κ1) is 21.9. The molecular formula is C25H20Cl2N2O4. The van der Waals surface area contributed by atoms with Crippen molar-refractivity contribution in [3.63, 3.8) is 0 Å². The molecule has 2 aromatic rings. The number of nitrogens with zero attached hydrogens (tertiary/aromatic N) is 2. The summed E-state index contributed by atoms with van der Waals surface area (Å²) in [6.07, 6.45) is 4.72. The molecule has 1 saturated carbocycles. The van der Waals surface area contributed by atoms with Crippen LogP contribution >= 0.6 is 23.2 Å². The minimum Gasteiger partial charge on any atom is -0.292 e. The maximum atomic E-state index is 13.5. The van der Waals surface area contributed by atoms with E-state index >= 15 is 0 Å². The van der Waals surface area contributed by atoms with Crippen molar-refractivity contribution in [3.8, 4) is 0 Å². The van der Waals surface area contributed by atoms with Crippen LogP contribution in [0.3, 0.4) is 0 Å². The zero-order valence-electron chi connectivity index (χ0n) is 17.7. The highest BCUT2D eigenvalue weighted by Gasteiger charge is 2.61. The van der Waals surface area contributed by atoms with E-state index in [1.165, 1.54) is 18.2 Å². The van der Waals surface area contributed by atoms with Crippen LogP contribution < -0.4 is 0 Å². The van der Waals surface area contributed by atoms with Gasteiger partial charge in [-0.3, -0.25) is 19.2 Å². The van der Waals surface area contributed by atoms with Crippen molar-refractivity contribution in [2.45, 2.75) is 13.3 Å². The summed E-state index contributed by atoms with van der Waals surface area (Å²) in [4.78, 5) is 53.3. The van der Waals surface area contributed by atoms with E-state index in [4.69, 9.17) is 23.2 Å². The number of allylic oxidation sites excluding steroid dienone is 2. The van der Waals surface area contributed by atoms with Crippen LogP contribution in [0.4, 0.5) is 0 Å². The molecule has 1 saturated heterocycles. The Hall–Kier alpha value is -2.96. The number of halogens is 2. The van der Waals surface area contributed by atoms with Gasteiger partial charge >= 0.3 is 0 Å². The van der Waals surface area contributed by atoms with Crippen molar-refractivity contribution < 1.29 is 19.2 Å². The summed E-state index contributed by atoms with van der Waals surface area (Å²) in [5.41, 5.74) is 1.49. The summed E-state index contributed by atoms with van der Waals surface area (Å²) in [6.45, 7) is 1.44. The molecule has 2 aromatic carbocycles. The Kier molecular flexibility index (Phi) is 5.38. The number of carbonyl (C=O) groups is 4. The van der Waals surface area contributed by atoms with E-state index in [1.807, 2.05) is 19.1 Å². The number of imide groups is 1. The van der Waals surface area contributed by atoms with Crippen molar-refractivity contribution in [3.05, 3.63) is 81.4 Å². The first-order chi connectivity index (χ1) is 15.8. The molecule has 4 atom stereocenters. The topological polar surface area (TPSA) is 74.8 Å². The van der Waals surface area contributed by atoms with Gasteiger partial charge in [0.15, 0.2) is 5.78 Å². The van der Waals surface area contributed by atoms with Crippen molar-refractivity contribution >= 4 is 46.7 Å². The van der Waals surface area contributed by atoms with E-state index in [0.717, 1.165) is 22.0 Å². The molecule has 2 fully saturated rings. The number of hydrogen-bond acceptors (Lipinski definition) is 4. The van der Waals surface area contributed by atoms with Gasteiger partial charge in [0, 0.05) is 11.1 Å². The van der Waals surface area contributed by atoms with Crippen LogP contribution in [0, 0.1) is 30.6 Å². The lowest BCUT2D eigenvalue weighted by Crippen LogP contribution is -2.52. The fourth-order valence-corrected chi connectivity index (χ4v) is 5.40. The Balaban J connectivity index is 1.51. The third-order valence-electron chi connectivity index (χ3n) is 6.76. The SMILES string of the molecule is Cc1ccc(C(=O)CN(C(=O)c2ccc(Cl)c(Cl)c2)N2C(=O)[C@@H]3[C@H](C2=O)[C@@H]2C=C[C@H]3C2)cc1. The molecule has 2 aliphatic carbocycles. The number of rotatable bonds is 5. The Morgan fingerprint density at radius 2 is 1.48 bits per heavy atom. The maximum absolute atomic E-state index is 13.5. The van der Waals surface area contributed by atoms with E-state index in [2.05, 4.69) is 0 Å². The molecule has 0 unspecified atom stereocenters. The van der Waals surface area contributed by atoms with Gasteiger partial charge in [-0.15, -0.1) is 0 Å². The fraction of sp³-hybridized carbons (Fsp3) is 0.280. The third kappa shape index (κ3) is 3.58. The number of Topliss-reactive ketones (excluding diaryl/α,β-unsaturated/α-hetero) is 1. The van der Waals surface area contributed by atoms with Gasteiger partial charge in [-0.2, -0.15) is 5.01 Å². The molecule has 0 radical (unpaired) electrons. The highest BCUT2D eigenvalue weighted by molar-refractivity contribution is 6.42. The van der Waals surface area contributed by atoms with Crippen LogP contribution in [-0.2, 0) is 9.59 Å². The van der Waals surface area contributed by atoms with Crippen LogP contribution in [0.5, 0.6) is 0 Å². The molecule has 2 bridgehead atoms. The van der Waals surface area contributed by atoms with Gasteiger partial charge in [-0.1, -0.05) is 65.2 Å². The summed E-state index contributed by atoms with van der Waals surface area (Å²) < 4.78 is 0. The lowest BCUT2D eigenvalue weighted by Gasteiger charge is -2.31. The van der Waals surface area contributed by atoms with E-state index in [0.29, 0.717) is 5.56 Å². The number of hydrogen-bond donors (Lipinski definition) is 0. The highest BCUT2D eigenvalue weighted by atomic mass is 35.5. The summed E-state index contributed by atoms with van der Waals surface area (Å²) in [5, 5.41) is 2.27. The lowest BCUT2D eigenvalue weighted by atomic mass is 9.85.